The van der Waals surface area contributed by atoms with Crippen molar-refractivity contribution in [2.45, 2.75) is 70.1 Å². The van der Waals surface area contributed by atoms with Crippen LogP contribution in [0.4, 0.5) is 11.6 Å². The van der Waals surface area contributed by atoms with E-state index in [0.29, 0.717) is 43.9 Å². The highest BCUT2D eigenvalue weighted by atomic mass is 16.5. The van der Waals surface area contributed by atoms with Gasteiger partial charge in [-0.25, -0.2) is 9.97 Å². The Morgan fingerprint density at radius 1 is 0.843 bits per heavy atom. The first-order valence-corrected chi connectivity index (χ1v) is 17.3. The van der Waals surface area contributed by atoms with Gasteiger partial charge in [-0.15, -0.1) is 0 Å². The highest BCUT2D eigenvalue weighted by molar-refractivity contribution is 6.23. The molecule has 3 aromatic carbocycles. The van der Waals surface area contributed by atoms with Crippen molar-refractivity contribution in [1.82, 2.24) is 20.2 Å². The van der Waals surface area contributed by atoms with Crippen LogP contribution in [0.2, 0.25) is 0 Å². The fourth-order valence-corrected chi connectivity index (χ4v) is 6.29. The molecule has 7 rings (SSSR count). The lowest BCUT2D eigenvalue weighted by molar-refractivity contribution is -0.136. The van der Waals surface area contributed by atoms with E-state index < -0.39 is 29.7 Å². The summed E-state index contributed by atoms with van der Waals surface area (Å²) in [5, 5.41) is 8.81. The number of imide groups is 2. The van der Waals surface area contributed by atoms with E-state index in [4.69, 9.17) is 9.47 Å². The van der Waals surface area contributed by atoms with E-state index >= 15 is 0 Å². The SMILES string of the molecule is CC(C)(c1ccc(OCCCNc2ccc3c(c2)C(=O)N(C2CCC(=O)NC2=O)C3=O)cc1)c1ccc(OCc2ccnc(NC3CC3)n2)cc1. The van der Waals surface area contributed by atoms with Crippen molar-refractivity contribution in [2.75, 3.05) is 23.8 Å². The molecule has 1 unspecified atom stereocenters. The molecule has 3 heterocycles. The molecule has 262 valence electrons. The standard InChI is InChI=1S/C39H40N6O6/c1-39(2,25-6-13-30(14-7-25)51-23-28-18-20-41-38(43-28)42-26-8-9-26)24-4-11-29(12-5-24)50-21-3-19-40-27-10-15-31-32(22-27)37(49)45(36(31)48)33-16-17-34(46)44-35(33)47/h4-7,10-15,18,20,22,26,33,40H,3,8-9,16-17,19,21,23H2,1-2H3,(H,41,42,43)(H,44,46,47). The number of ether oxygens (including phenoxy) is 2. The van der Waals surface area contributed by atoms with E-state index in [2.05, 4.69) is 64.0 Å². The van der Waals surface area contributed by atoms with Gasteiger partial charge in [0.15, 0.2) is 0 Å². The van der Waals surface area contributed by atoms with Gasteiger partial charge in [0.1, 0.15) is 24.1 Å². The van der Waals surface area contributed by atoms with Crippen molar-refractivity contribution >= 4 is 35.3 Å². The van der Waals surface area contributed by atoms with Crippen LogP contribution in [0, 0.1) is 0 Å². The third-order valence-electron chi connectivity index (χ3n) is 9.52. The summed E-state index contributed by atoms with van der Waals surface area (Å²) in [7, 11) is 0. The fraction of sp³-hybridized carbons (Fsp3) is 0.333. The van der Waals surface area contributed by atoms with Crippen LogP contribution in [0.1, 0.15) is 83.5 Å². The van der Waals surface area contributed by atoms with Crippen LogP contribution in [-0.2, 0) is 21.6 Å². The van der Waals surface area contributed by atoms with E-state index in [1.54, 1.807) is 24.4 Å². The summed E-state index contributed by atoms with van der Waals surface area (Å²) >= 11 is 0. The summed E-state index contributed by atoms with van der Waals surface area (Å²) in [6.07, 6.45) is 4.99. The molecule has 1 saturated heterocycles. The third kappa shape index (κ3) is 7.54. The van der Waals surface area contributed by atoms with E-state index in [-0.39, 0.29) is 29.4 Å². The number of aromatic nitrogens is 2. The third-order valence-corrected chi connectivity index (χ3v) is 9.52. The Bertz CT molecular complexity index is 1960. The first-order chi connectivity index (χ1) is 24.7. The maximum atomic E-state index is 13.1. The van der Waals surface area contributed by atoms with Gasteiger partial charge in [-0.1, -0.05) is 38.1 Å². The molecule has 3 N–H and O–H groups in total. The number of anilines is 2. The second-order valence-corrected chi connectivity index (χ2v) is 13.6. The molecule has 1 atom stereocenters. The number of hydrogen-bond donors (Lipinski definition) is 3. The molecule has 2 fully saturated rings. The Morgan fingerprint density at radius 3 is 2.22 bits per heavy atom. The number of nitrogens with zero attached hydrogens (tertiary/aromatic N) is 3. The van der Waals surface area contributed by atoms with Crippen LogP contribution in [0.3, 0.4) is 0 Å². The summed E-state index contributed by atoms with van der Waals surface area (Å²) in [5.41, 5.74) is 4.09. The van der Waals surface area contributed by atoms with E-state index in [1.165, 1.54) is 12.8 Å². The Morgan fingerprint density at radius 2 is 1.53 bits per heavy atom. The van der Waals surface area contributed by atoms with Gasteiger partial charge in [0.2, 0.25) is 17.8 Å². The maximum absolute atomic E-state index is 13.1. The molecule has 12 nitrogen and oxygen atoms in total. The van der Waals surface area contributed by atoms with Crippen LogP contribution in [-0.4, -0.2) is 63.7 Å². The van der Waals surface area contributed by atoms with Gasteiger partial charge < -0.3 is 20.1 Å². The zero-order valence-corrected chi connectivity index (χ0v) is 28.6. The predicted molar refractivity (Wildman–Crippen MR) is 190 cm³/mol. The minimum Gasteiger partial charge on any atom is -0.494 e. The zero-order chi connectivity index (χ0) is 35.5. The highest BCUT2D eigenvalue weighted by Crippen LogP contribution is 2.34. The quantitative estimate of drug-likeness (QED) is 0.119. The number of fused-ring (bicyclic) bond motifs is 1. The predicted octanol–water partition coefficient (Wildman–Crippen LogP) is 5.24. The molecule has 1 aromatic heterocycles. The minimum absolute atomic E-state index is 0.0815. The molecule has 3 aliphatic rings. The second kappa shape index (κ2) is 14.2. The molecular formula is C39H40N6O6. The lowest BCUT2D eigenvalue weighted by Gasteiger charge is -2.27. The van der Waals surface area contributed by atoms with Crippen molar-refractivity contribution in [3.05, 3.63) is 107 Å². The Kier molecular flexibility index (Phi) is 9.40. The van der Waals surface area contributed by atoms with Crippen molar-refractivity contribution in [2.24, 2.45) is 0 Å². The number of carbonyl (C=O) groups is 4. The average Bonchev–Trinajstić information content (AvgIpc) is 3.92. The van der Waals surface area contributed by atoms with Gasteiger partial charge in [0, 0.05) is 36.3 Å². The monoisotopic (exact) mass is 688 g/mol. The van der Waals surface area contributed by atoms with Crippen LogP contribution < -0.4 is 25.4 Å². The number of nitrogens with one attached hydrogen (secondary N) is 3. The summed E-state index contributed by atoms with van der Waals surface area (Å²) < 4.78 is 12.0. The number of rotatable bonds is 14. The molecule has 2 aliphatic heterocycles. The van der Waals surface area contributed by atoms with E-state index in [1.807, 2.05) is 30.3 Å². The smallest absolute Gasteiger partial charge is 0.262 e. The summed E-state index contributed by atoms with van der Waals surface area (Å²) in [5.74, 6) is 0.123. The van der Waals surface area contributed by atoms with Gasteiger partial charge in [0.25, 0.3) is 11.8 Å². The number of benzene rings is 3. The number of amides is 4. The Balaban J connectivity index is 0.863. The molecule has 4 aromatic rings. The fourth-order valence-electron chi connectivity index (χ4n) is 6.29. The Hall–Kier alpha value is -5.78. The molecule has 12 heteroatoms. The average molecular weight is 689 g/mol. The minimum atomic E-state index is -0.986. The molecule has 0 bridgehead atoms. The number of hydrogen-bond acceptors (Lipinski definition) is 10. The van der Waals surface area contributed by atoms with Gasteiger partial charge in [-0.2, -0.15) is 0 Å². The molecule has 1 aliphatic carbocycles. The largest absolute Gasteiger partial charge is 0.494 e. The molecule has 51 heavy (non-hydrogen) atoms. The summed E-state index contributed by atoms with van der Waals surface area (Å²) in [6.45, 7) is 5.81. The van der Waals surface area contributed by atoms with Crippen molar-refractivity contribution in [3.8, 4) is 11.5 Å². The molecule has 4 amide bonds. The lowest BCUT2D eigenvalue weighted by Crippen LogP contribution is -2.54. The maximum Gasteiger partial charge on any atom is 0.262 e. The van der Waals surface area contributed by atoms with E-state index in [9.17, 15) is 19.2 Å². The van der Waals surface area contributed by atoms with E-state index in [0.717, 1.165) is 33.2 Å². The molecule has 0 radical (unpaired) electrons. The summed E-state index contributed by atoms with van der Waals surface area (Å²) in [6, 6.07) is 22.6. The van der Waals surface area contributed by atoms with Gasteiger partial charge in [0.05, 0.1) is 23.4 Å². The normalized spacial score (nSPS) is 17.2. The highest BCUT2D eigenvalue weighted by Gasteiger charge is 2.44. The van der Waals surface area contributed by atoms with Crippen molar-refractivity contribution in [1.29, 1.82) is 0 Å². The molecular weight excluding hydrogens is 648 g/mol. The summed E-state index contributed by atoms with van der Waals surface area (Å²) in [4.78, 5) is 59.6. The van der Waals surface area contributed by atoms with Crippen LogP contribution in [0.15, 0.2) is 79.0 Å². The molecule has 1 saturated carbocycles. The topological polar surface area (TPSA) is 152 Å². The lowest BCUT2D eigenvalue weighted by atomic mass is 9.78. The van der Waals surface area contributed by atoms with Gasteiger partial charge in [-0.05, 0) is 85.3 Å². The molecule has 0 spiro atoms. The Labute approximate surface area is 296 Å². The second-order valence-electron chi connectivity index (χ2n) is 13.6. The zero-order valence-electron chi connectivity index (χ0n) is 28.6. The van der Waals surface area contributed by atoms with Gasteiger partial charge >= 0.3 is 0 Å². The van der Waals surface area contributed by atoms with Crippen molar-refractivity contribution in [3.63, 3.8) is 0 Å². The first-order valence-electron chi connectivity index (χ1n) is 17.3. The van der Waals surface area contributed by atoms with Gasteiger partial charge in [-0.3, -0.25) is 29.4 Å². The number of piperidine rings is 1. The van der Waals surface area contributed by atoms with Crippen molar-refractivity contribution < 1.29 is 28.7 Å². The van der Waals surface area contributed by atoms with Crippen LogP contribution in [0.5, 0.6) is 11.5 Å². The van der Waals surface area contributed by atoms with Crippen LogP contribution in [0.25, 0.3) is 0 Å². The first kappa shape index (κ1) is 33.7. The van der Waals surface area contributed by atoms with Crippen LogP contribution >= 0.6 is 0 Å². The number of carbonyl (C=O) groups excluding carboxylic acids is 4.